The van der Waals surface area contributed by atoms with Crippen molar-refractivity contribution in [1.82, 2.24) is 14.8 Å². The molecule has 162 valence electrons. The lowest BCUT2D eigenvalue weighted by Crippen LogP contribution is -2.48. The number of amides is 1. The SMILES string of the molecule is O=C(c1ccc(OCc2ccccc2)cc1)N1CCN(Cc2nc3ccccc3s2)CC1. The molecule has 3 aromatic carbocycles. The number of fused-ring (bicyclic) bond motifs is 1. The molecule has 1 fully saturated rings. The maximum absolute atomic E-state index is 12.9. The molecule has 6 heteroatoms. The number of thiazole rings is 1. The lowest BCUT2D eigenvalue weighted by molar-refractivity contribution is 0.0628. The van der Waals surface area contributed by atoms with E-state index in [0.29, 0.717) is 12.2 Å². The first-order valence-electron chi connectivity index (χ1n) is 10.9. The molecule has 32 heavy (non-hydrogen) atoms. The Hall–Kier alpha value is -3.22. The van der Waals surface area contributed by atoms with Crippen LogP contribution in [-0.4, -0.2) is 46.9 Å². The third-order valence-corrected chi connectivity index (χ3v) is 6.73. The second-order valence-corrected chi connectivity index (χ2v) is 9.06. The minimum Gasteiger partial charge on any atom is -0.489 e. The Morgan fingerprint density at radius 2 is 1.59 bits per heavy atom. The number of ether oxygens (including phenoxy) is 1. The van der Waals surface area contributed by atoms with Gasteiger partial charge in [0.1, 0.15) is 17.4 Å². The van der Waals surface area contributed by atoms with Gasteiger partial charge in [-0.05, 0) is 42.0 Å². The zero-order valence-electron chi connectivity index (χ0n) is 17.8. The van der Waals surface area contributed by atoms with Crippen LogP contribution in [0.3, 0.4) is 0 Å². The molecule has 5 nitrogen and oxygen atoms in total. The van der Waals surface area contributed by atoms with Crippen LogP contribution < -0.4 is 4.74 Å². The Bertz CT molecular complexity index is 1150. The average Bonchev–Trinajstić information content (AvgIpc) is 3.26. The lowest BCUT2D eigenvalue weighted by Gasteiger charge is -2.34. The van der Waals surface area contributed by atoms with E-state index in [2.05, 4.69) is 23.1 Å². The van der Waals surface area contributed by atoms with Gasteiger partial charge in [-0.1, -0.05) is 42.5 Å². The van der Waals surface area contributed by atoms with Crippen LogP contribution in [0.1, 0.15) is 20.9 Å². The van der Waals surface area contributed by atoms with Crippen molar-refractivity contribution in [3.05, 3.63) is 95.0 Å². The van der Waals surface area contributed by atoms with E-state index in [9.17, 15) is 4.79 Å². The van der Waals surface area contributed by atoms with Gasteiger partial charge in [0.2, 0.25) is 0 Å². The van der Waals surface area contributed by atoms with Gasteiger partial charge in [0.25, 0.3) is 5.91 Å². The summed E-state index contributed by atoms with van der Waals surface area (Å²) in [5.41, 5.74) is 2.89. The van der Waals surface area contributed by atoms with E-state index < -0.39 is 0 Å². The van der Waals surface area contributed by atoms with Crippen molar-refractivity contribution in [2.45, 2.75) is 13.2 Å². The highest BCUT2D eigenvalue weighted by atomic mass is 32.1. The van der Waals surface area contributed by atoms with Gasteiger partial charge in [-0.15, -0.1) is 11.3 Å². The average molecular weight is 444 g/mol. The first kappa shape index (κ1) is 20.7. The van der Waals surface area contributed by atoms with E-state index in [4.69, 9.17) is 9.72 Å². The summed E-state index contributed by atoms with van der Waals surface area (Å²) in [6, 6.07) is 25.8. The summed E-state index contributed by atoms with van der Waals surface area (Å²) in [6.45, 7) is 4.55. The largest absolute Gasteiger partial charge is 0.489 e. The molecule has 1 amide bonds. The highest BCUT2D eigenvalue weighted by molar-refractivity contribution is 7.18. The number of benzene rings is 3. The van der Waals surface area contributed by atoms with E-state index in [1.165, 1.54) is 4.70 Å². The number of hydrogen-bond donors (Lipinski definition) is 0. The Morgan fingerprint density at radius 1 is 0.875 bits per heavy atom. The highest BCUT2D eigenvalue weighted by Gasteiger charge is 2.23. The van der Waals surface area contributed by atoms with Crippen molar-refractivity contribution in [1.29, 1.82) is 0 Å². The number of nitrogens with zero attached hydrogens (tertiary/aromatic N) is 3. The predicted octanol–water partition coefficient (Wildman–Crippen LogP) is 4.83. The van der Waals surface area contributed by atoms with Crippen LogP contribution in [0, 0.1) is 0 Å². The topological polar surface area (TPSA) is 45.7 Å². The molecule has 1 saturated heterocycles. The Labute approximate surface area is 191 Å². The van der Waals surface area contributed by atoms with Crippen LogP contribution in [0.2, 0.25) is 0 Å². The summed E-state index contributed by atoms with van der Waals surface area (Å²) in [6.07, 6.45) is 0. The number of carbonyl (C=O) groups excluding carboxylic acids is 1. The van der Waals surface area contributed by atoms with E-state index >= 15 is 0 Å². The smallest absolute Gasteiger partial charge is 0.253 e. The molecular weight excluding hydrogens is 418 g/mol. The first-order valence-corrected chi connectivity index (χ1v) is 11.7. The van der Waals surface area contributed by atoms with Gasteiger partial charge < -0.3 is 9.64 Å². The van der Waals surface area contributed by atoms with E-state index in [1.807, 2.05) is 65.6 Å². The molecule has 1 aliphatic rings. The van der Waals surface area contributed by atoms with Gasteiger partial charge in [0, 0.05) is 31.7 Å². The van der Waals surface area contributed by atoms with E-state index in [1.54, 1.807) is 11.3 Å². The van der Waals surface area contributed by atoms with Crippen LogP contribution in [0.4, 0.5) is 0 Å². The zero-order valence-corrected chi connectivity index (χ0v) is 18.6. The first-order chi connectivity index (χ1) is 15.7. The van der Waals surface area contributed by atoms with Gasteiger partial charge in [-0.3, -0.25) is 9.69 Å². The van der Waals surface area contributed by atoms with E-state index in [-0.39, 0.29) is 5.91 Å². The molecule has 0 spiro atoms. The number of piperazine rings is 1. The van der Waals surface area contributed by atoms with Crippen LogP contribution in [0.5, 0.6) is 5.75 Å². The van der Waals surface area contributed by atoms with Crippen LogP contribution in [-0.2, 0) is 13.2 Å². The molecule has 0 N–H and O–H groups in total. The van der Waals surface area contributed by atoms with Crippen LogP contribution in [0.25, 0.3) is 10.2 Å². The summed E-state index contributed by atoms with van der Waals surface area (Å²) in [5, 5.41) is 1.14. The summed E-state index contributed by atoms with van der Waals surface area (Å²) in [5.74, 6) is 0.852. The van der Waals surface area contributed by atoms with Crippen molar-refractivity contribution in [2.24, 2.45) is 0 Å². The standard InChI is InChI=1S/C26H25N3O2S/c30-26(21-10-12-22(13-11-21)31-19-20-6-2-1-3-7-20)29-16-14-28(15-17-29)18-25-27-23-8-4-5-9-24(23)32-25/h1-13H,14-19H2. The van der Waals surface area contributed by atoms with Gasteiger partial charge in [0.05, 0.1) is 16.8 Å². The minimum atomic E-state index is 0.0826. The molecule has 0 atom stereocenters. The summed E-state index contributed by atoms with van der Waals surface area (Å²) < 4.78 is 7.06. The lowest BCUT2D eigenvalue weighted by atomic mass is 10.1. The molecule has 0 saturated carbocycles. The van der Waals surface area contributed by atoms with Crippen LogP contribution in [0.15, 0.2) is 78.9 Å². The Balaban J connectivity index is 1.13. The van der Waals surface area contributed by atoms with Gasteiger partial charge in [-0.2, -0.15) is 0 Å². The minimum absolute atomic E-state index is 0.0826. The van der Waals surface area contributed by atoms with Gasteiger partial charge in [-0.25, -0.2) is 4.98 Å². The number of para-hydroxylation sites is 1. The monoisotopic (exact) mass is 443 g/mol. The van der Waals surface area contributed by atoms with Crippen molar-refractivity contribution in [3.63, 3.8) is 0 Å². The van der Waals surface area contributed by atoms with Crippen LogP contribution >= 0.6 is 11.3 Å². The number of carbonyl (C=O) groups is 1. The molecule has 5 rings (SSSR count). The van der Waals surface area contributed by atoms with Gasteiger partial charge >= 0.3 is 0 Å². The molecule has 4 aromatic rings. The molecular formula is C26H25N3O2S. The third kappa shape index (κ3) is 4.82. The third-order valence-electron chi connectivity index (χ3n) is 5.71. The Morgan fingerprint density at radius 3 is 2.34 bits per heavy atom. The quantitative estimate of drug-likeness (QED) is 0.428. The fourth-order valence-electron chi connectivity index (χ4n) is 3.91. The Kier molecular flexibility index (Phi) is 6.14. The van der Waals surface area contributed by atoms with Crippen molar-refractivity contribution < 1.29 is 9.53 Å². The summed E-state index contributed by atoms with van der Waals surface area (Å²) in [7, 11) is 0. The fraction of sp³-hybridized carbons (Fsp3) is 0.231. The highest BCUT2D eigenvalue weighted by Crippen LogP contribution is 2.23. The molecule has 0 radical (unpaired) electrons. The molecule has 1 aromatic heterocycles. The molecule has 2 heterocycles. The van der Waals surface area contributed by atoms with E-state index in [0.717, 1.165) is 54.6 Å². The molecule has 0 bridgehead atoms. The molecule has 1 aliphatic heterocycles. The fourth-order valence-corrected chi connectivity index (χ4v) is 4.91. The normalized spacial score (nSPS) is 14.6. The number of aromatic nitrogens is 1. The predicted molar refractivity (Wildman–Crippen MR) is 128 cm³/mol. The van der Waals surface area contributed by atoms with Crippen molar-refractivity contribution in [2.75, 3.05) is 26.2 Å². The maximum Gasteiger partial charge on any atom is 0.253 e. The summed E-state index contributed by atoms with van der Waals surface area (Å²) in [4.78, 5) is 22.0. The number of rotatable bonds is 6. The second-order valence-electron chi connectivity index (χ2n) is 7.94. The van der Waals surface area contributed by atoms with Gasteiger partial charge in [0.15, 0.2) is 0 Å². The summed E-state index contributed by atoms with van der Waals surface area (Å²) >= 11 is 1.75. The zero-order chi connectivity index (χ0) is 21.8. The van der Waals surface area contributed by atoms with Crippen molar-refractivity contribution >= 4 is 27.5 Å². The van der Waals surface area contributed by atoms with Crippen molar-refractivity contribution in [3.8, 4) is 5.75 Å². The second kappa shape index (κ2) is 9.51. The maximum atomic E-state index is 12.9. The number of hydrogen-bond acceptors (Lipinski definition) is 5. The molecule has 0 aliphatic carbocycles. The molecule has 0 unspecified atom stereocenters.